The molecule has 1 aliphatic heterocycles. The molecule has 3 rings (SSSR count). The molecule has 116 valence electrons. The Kier molecular flexibility index (Phi) is 3.71. The van der Waals surface area contributed by atoms with Gasteiger partial charge in [0.05, 0.1) is 20.8 Å². The van der Waals surface area contributed by atoms with E-state index in [1.165, 1.54) is 7.11 Å². The molecule has 0 spiro atoms. The van der Waals surface area contributed by atoms with Gasteiger partial charge in [-0.1, -0.05) is 12.1 Å². The molecule has 1 atom stereocenters. The predicted octanol–water partition coefficient (Wildman–Crippen LogP) is 2.83. The maximum Gasteiger partial charge on any atom is 0.200 e. The lowest BCUT2D eigenvalue weighted by Gasteiger charge is -2.26. The second kappa shape index (κ2) is 5.67. The Hall–Kier alpha value is -2.56. The van der Waals surface area contributed by atoms with Crippen molar-refractivity contribution in [2.45, 2.75) is 12.3 Å². The number of benzene rings is 2. The van der Waals surface area contributed by atoms with Crippen molar-refractivity contribution in [2.24, 2.45) is 0 Å². The molecule has 2 N–H and O–H groups in total. The van der Waals surface area contributed by atoms with Crippen LogP contribution >= 0.6 is 0 Å². The Labute approximate surface area is 128 Å². The fraction of sp³-hybridized carbons (Fsp3) is 0.294. The van der Waals surface area contributed by atoms with E-state index >= 15 is 0 Å². The number of methoxy groups -OCH3 is 2. The summed E-state index contributed by atoms with van der Waals surface area (Å²) in [5, 5.41) is 20.1. The zero-order chi connectivity index (χ0) is 15.7. The van der Waals surface area contributed by atoms with Crippen LogP contribution in [0.15, 0.2) is 30.3 Å². The smallest absolute Gasteiger partial charge is 0.200 e. The van der Waals surface area contributed by atoms with Crippen LogP contribution in [-0.4, -0.2) is 31.0 Å². The van der Waals surface area contributed by atoms with E-state index in [1.807, 2.05) is 18.2 Å². The van der Waals surface area contributed by atoms with Gasteiger partial charge in [0.2, 0.25) is 5.75 Å². The van der Waals surface area contributed by atoms with E-state index < -0.39 is 0 Å². The van der Waals surface area contributed by atoms with Gasteiger partial charge in [-0.3, -0.25) is 0 Å². The third kappa shape index (κ3) is 2.39. The highest BCUT2D eigenvalue weighted by atomic mass is 16.5. The maximum atomic E-state index is 10.2. The first-order chi connectivity index (χ1) is 10.6. The average Bonchev–Trinajstić information content (AvgIpc) is 2.56. The van der Waals surface area contributed by atoms with E-state index in [2.05, 4.69) is 0 Å². The summed E-state index contributed by atoms with van der Waals surface area (Å²) in [6, 6.07) is 9.11. The van der Waals surface area contributed by atoms with Gasteiger partial charge in [0.25, 0.3) is 0 Å². The third-order valence-electron chi connectivity index (χ3n) is 3.99. The molecule has 2 aromatic carbocycles. The quantitative estimate of drug-likeness (QED) is 0.853. The molecule has 0 bridgehead atoms. The molecule has 1 aliphatic rings. The Bertz CT molecular complexity index is 696. The summed E-state index contributed by atoms with van der Waals surface area (Å²) in [4.78, 5) is 0. The molecular formula is C17H18O5. The van der Waals surface area contributed by atoms with Crippen molar-refractivity contribution in [3.63, 3.8) is 0 Å². The van der Waals surface area contributed by atoms with Gasteiger partial charge >= 0.3 is 0 Å². The van der Waals surface area contributed by atoms with Gasteiger partial charge in [0, 0.05) is 17.5 Å². The molecule has 0 fully saturated rings. The minimum atomic E-state index is -0.236. The van der Waals surface area contributed by atoms with E-state index in [1.54, 1.807) is 19.2 Å². The summed E-state index contributed by atoms with van der Waals surface area (Å²) in [7, 11) is 3.06. The van der Waals surface area contributed by atoms with Gasteiger partial charge in [-0.2, -0.15) is 0 Å². The van der Waals surface area contributed by atoms with Crippen molar-refractivity contribution < 1.29 is 24.4 Å². The fourth-order valence-corrected chi connectivity index (χ4v) is 2.75. The minimum absolute atomic E-state index is 0.0299. The number of ether oxygens (including phenoxy) is 3. The number of hydrogen-bond donors (Lipinski definition) is 2. The van der Waals surface area contributed by atoms with Crippen LogP contribution in [0.5, 0.6) is 28.7 Å². The molecule has 0 saturated carbocycles. The highest BCUT2D eigenvalue weighted by molar-refractivity contribution is 5.56. The van der Waals surface area contributed by atoms with Crippen molar-refractivity contribution in [2.75, 3.05) is 20.8 Å². The fourth-order valence-electron chi connectivity index (χ4n) is 2.75. The van der Waals surface area contributed by atoms with E-state index in [4.69, 9.17) is 14.2 Å². The van der Waals surface area contributed by atoms with Crippen LogP contribution < -0.4 is 14.2 Å². The van der Waals surface area contributed by atoms with E-state index in [0.29, 0.717) is 12.2 Å². The van der Waals surface area contributed by atoms with Gasteiger partial charge in [0.15, 0.2) is 11.5 Å². The summed E-state index contributed by atoms with van der Waals surface area (Å²) in [6.07, 6.45) is 0.721. The second-order valence-electron chi connectivity index (χ2n) is 5.24. The SMILES string of the molecule is COc1ccc2c(c1)OC[C@@H](c1ccc(OC)c(O)c1O)C2. The first-order valence-electron chi connectivity index (χ1n) is 7.02. The highest BCUT2D eigenvalue weighted by Gasteiger charge is 2.26. The standard InChI is InChI=1S/C17H18O5/c1-20-12-4-3-10-7-11(9-22-15(10)8-12)13-5-6-14(21-2)17(19)16(13)18/h3-6,8,11,18-19H,7,9H2,1-2H3/t11-/m0/s1. The maximum absolute atomic E-state index is 10.2. The summed E-state index contributed by atoms with van der Waals surface area (Å²) in [5.41, 5.74) is 1.70. The monoisotopic (exact) mass is 302 g/mol. The largest absolute Gasteiger partial charge is 0.504 e. The van der Waals surface area contributed by atoms with Gasteiger partial charge in [-0.05, 0) is 24.1 Å². The molecule has 0 aromatic heterocycles. The zero-order valence-electron chi connectivity index (χ0n) is 12.5. The molecule has 22 heavy (non-hydrogen) atoms. The normalized spacial score (nSPS) is 16.5. The van der Waals surface area contributed by atoms with Crippen molar-refractivity contribution in [1.29, 1.82) is 0 Å². The molecule has 2 aromatic rings. The molecule has 0 saturated heterocycles. The topological polar surface area (TPSA) is 68.2 Å². The number of fused-ring (bicyclic) bond motifs is 1. The number of phenolic OH excluding ortho intramolecular Hbond substituents is 2. The molecule has 5 nitrogen and oxygen atoms in total. The van der Waals surface area contributed by atoms with Gasteiger partial charge in [-0.15, -0.1) is 0 Å². The van der Waals surface area contributed by atoms with Crippen LogP contribution in [-0.2, 0) is 6.42 Å². The lowest BCUT2D eigenvalue weighted by molar-refractivity contribution is 0.256. The summed E-state index contributed by atoms with van der Waals surface area (Å²) >= 11 is 0. The van der Waals surface area contributed by atoms with Crippen LogP contribution in [0.3, 0.4) is 0 Å². The lowest BCUT2D eigenvalue weighted by Crippen LogP contribution is -2.19. The van der Waals surface area contributed by atoms with Gasteiger partial charge in [0.1, 0.15) is 11.5 Å². The highest BCUT2D eigenvalue weighted by Crippen LogP contribution is 2.43. The van der Waals surface area contributed by atoms with E-state index in [-0.39, 0.29) is 23.2 Å². The number of aromatic hydroxyl groups is 2. The summed E-state index contributed by atoms with van der Waals surface area (Å²) in [6.45, 7) is 0.430. The minimum Gasteiger partial charge on any atom is -0.504 e. The summed E-state index contributed by atoms with van der Waals surface area (Å²) < 4.78 is 16.0. The molecule has 0 amide bonds. The van der Waals surface area contributed by atoms with Crippen LogP contribution in [0.2, 0.25) is 0 Å². The molecule has 0 radical (unpaired) electrons. The first-order valence-corrected chi connectivity index (χ1v) is 7.02. The van der Waals surface area contributed by atoms with Crippen LogP contribution in [0, 0.1) is 0 Å². The Balaban J connectivity index is 1.90. The predicted molar refractivity (Wildman–Crippen MR) is 81.3 cm³/mol. The van der Waals surface area contributed by atoms with Gasteiger partial charge in [-0.25, -0.2) is 0 Å². The van der Waals surface area contributed by atoms with Crippen molar-refractivity contribution >= 4 is 0 Å². The first kappa shape index (κ1) is 14.4. The second-order valence-corrected chi connectivity index (χ2v) is 5.24. The zero-order valence-corrected chi connectivity index (χ0v) is 12.5. The Morgan fingerprint density at radius 2 is 1.86 bits per heavy atom. The number of hydrogen-bond acceptors (Lipinski definition) is 5. The molecule has 0 aliphatic carbocycles. The molecule has 0 unspecified atom stereocenters. The van der Waals surface area contributed by atoms with Crippen molar-refractivity contribution in [3.8, 4) is 28.7 Å². The molecule has 1 heterocycles. The average molecular weight is 302 g/mol. The number of phenols is 2. The van der Waals surface area contributed by atoms with Crippen LogP contribution in [0.4, 0.5) is 0 Å². The summed E-state index contributed by atoms with van der Waals surface area (Å²) in [5.74, 6) is 1.39. The Morgan fingerprint density at radius 3 is 2.59 bits per heavy atom. The number of rotatable bonds is 3. The van der Waals surface area contributed by atoms with Crippen LogP contribution in [0.1, 0.15) is 17.0 Å². The molecular weight excluding hydrogens is 284 g/mol. The van der Waals surface area contributed by atoms with Crippen molar-refractivity contribution in [1.82, 2.24) is 0 Å². The van der Waals surface area contributed by atoms with E-state index in [9.17, 15) is 10.2 Å². The van der Waals surface area contributed by atoms with Gasteiger partial charge < -0.3 is 24.4 Å². The molecule has 5 heteroatoms. The Morgan fingerprint density at radius 1 is 1.05 bits per heavy atom. The van der Waals surface area contributed by atoms with Crippen LogP contribution in [0.25, 0.3) is 0 Å². The van der Waals surface area contributed by atoms with Crippen molar-refractivity contribution in [3.05, 3.63) is 41.5 Å². The lowest BCUT2D eigenvalue weighted by atomic mass is 9.89. The van der Waals surface area contributed by atoms with E-state index in [0.717, 1.165) is 23.5 Å². The third-order valence-corrected chi connectivity index (χ3v) is 3.99.